The molecule has 120 valence electrons. The van der Waals surface area contributed by atoms with Gasteiger partial charge in [-0.15, -0.1) is 11.3 Å². The molecule has 6 heteroatoms. The van der Waals surface area contributed by atoms with Gasteiger partial charge in [-0.05, 0) is 42.5 Å². The van der Waals surface area contributed by atoms with Crippen LogP contribution in [-0.2, 0) is 0 Å². The number of fused-ring (bicyclic) bond motifs is 1. The number of para-hydroxylation sites is 2. The minimum Gasteiger partial charge on any atom is -0.337 e. The Labute approximate surface area is 146 Å². The maximum atomic E-state index is 13.0. The highest BCUT2D eigenvalue weighted by Crippen LogP contribution is 2.26. The van der Waals surface area contributed by atoms with Gasteiger partial charge in [-0.3, -0.25) is 0 Å². The number of allylic oxidation sites excluding steroid dienone is 1. The maximum Gasteiger partial charge on any atom is 0.149 e. The zero-order valence-electron chi connectivity index (χ0n) is 12.9. The van der Waals surface area contributed by atoms with Gasteiger partial charge in [0.2, 0.25) is 0 Å². The van der Waals surface area contributed by atoms with E-state index in [1.54, 1.807) is 18.2 Å². The molecule has 4 aromatic rings. The van der Waals surface area contributed by atoms with Crippen molar-refractivity contribution < 1.29 is 4.39 Å². The molecule has 0 saturated heterocycles. The Morgan fingerprint density at radius 1 is 1.12 bits per heavy atom. The number of hydrogen-bond acceptors (Lipinski definition) is 4. The van der Waals surface area contributed by atoms with Crippen molar-refractivity contribution >= 4 is 34.0 Å². The molecule has 0 unspecified atom stereocenters. The van der Waals surface area contributed by atoms with E-state index < -0.39 is 0 Å². The fraction of sp³-hybridized carbons (Fsp3) is 0. The normalized spacial score (nSPS) is 11.6. The Bertz CT molecular complexity index is 1080. The summed E-state index contributed by atoms with van der Waals surface area (Å²) in [6.45, 7) is 0. The number of thiazole rings is 1. The third-order valence-electron chi connectivity index (χ3n) is 3.67. The van der Waals surface area contributed by atoms with Crippen LogP contribution in [0.2, 0.25) is 0 Å². The molecule has 25 heavy (non-hydrogen) atoms. The van der Waals surface area contributed by atoms with Crippen molar-refractivity contribution in [3.63, 3.8) is 0 Å². The molecule has 0 aliphatic rings. The quantitative estimate of drug-likeness (QED) is 0.537. The molecule has 2 aromatic heterocycles. The van der Waals surface area contributed by atoms with Gasteiger partial charge < -0.3 is 4.98 Å². The van der Waals surface area contributed by atoms with Gasteiger partial charge >= 0.3 is 0 Å². The first-order valence-electron chi connectivity index (χ1n) is 7.51. The molecule has 0 fully saturated rings. The molecule has 0 aliphatic carbocycles. The Morgan fingerprint density at radius 2 is 1.92 bits per heavy atom. The molecular formula is C19H11FN4S. The summed E-state index contributed by atoms with van der Waals surface area (Å²) in [5, 5.41) is 12.1. The number of nitrogens with zero attached hydrogens (tertiary/aromatic N) is 3. The molecule has 0 saturated carbocycles. The molecule has 0 amide bonds. The van der Waals surface area contributed by atoms with Gasteiger partial charge in [0.25, 0.3) is 0 Å². The van der Waals surface area contributed by atoms with Crippen molar-refractivity contribution in [2.45, 2.75) is 0 Å². The summed E-state index contributed by atoms with van der Waals surface area (Å²) in [5.74, 6) is 0.233. The zero-order chi connectivity index (χ0) is 17.2. The summed E-state index contributed by atoms with van der Waals surface area (Å²) in [7, 11) is 0. The third kappa shape index (κ3) is 3.05. The standard InChI is InChI=1S/C19H11FN4S/c20-14-7-5-12(6-8-14)19-22-15(11-25-19)9-13(10-21)18-23-16-3-1-2-4-17(16)24-18/h1-9,11H,(H,23,24)/b13-9+. The fourth-order valence-corrected chi connectivity index (χ4v) is 3.24. The molecular weight excluding hydrogens is 335 g/mol. The van der Waals surface area contributed by atoms with E-state index in [2.05, 4.69) is 21.0 Å². The first kappa shape index (κ1) is 15.2. The molecule has 0 spiro atoms. The van der Waals surface area contributed by atoms with Gasteiger partial charge in [0.1, 0.15) is 22.7 Å². The van der Waals surface area contributed by atoms with Crippen molar-refractivity contribution in [2.75, 3.05) is 0 Å². The van der Waals surface area contributed by atoms with Crippen molar-refractivity contribution in [3.8, 4) is 16.6 Å². The number of aromatic amines is 1. The third-order valence-corrected chi connectivity index (χ3v) is 4.58. The van der Waals surface area contributed by atoms with Gasteiger partial charge in [-0.25, -0.2) is 14.4 Å². The van der Waals surface area contributed by atoms with Gasteiger partial charge in [0.15, 0.2) is 0 Å². The lowest BCUT2D eigenvalue weighted by Crippen LogP contribution is -1.85. The molecule has 2 heterocycles. The fourth-order valence-electron chi connectivity index (χ4n) is 2.46. The highest BCUT2D eigenvalue weighted by Gasteiger charge is 2.09. The van der Waals surface area contributed by atoms with E-state index in [1.807, 2.05) is 29.6 Å². The Balaban J connectivity index is 1.69. The number of H-pyrrole nitrogens is 1. The van der Waals surface area contributed by atoms with E-state index in [0.717, 1.165) is 21.6 Å². The Morgan fingerprint density at radius 3 is 2.68 bits per heavy atom. The van der Waals surface area contributed by atoms with E-state index in [4.69, 9.17) is 0 Å². The van der Waals surface area contributed by atoms with Crippen LogP contribution in [0.1, 0.15) is 11.5 Å². The zero-order valence-corrected chi connectivity index (χ0v) is 13.7. The van der Waals surface area contributed by atoms with Crippen molar-refractivity contribution in [2.24, 2.45) is 0 Å². The summed E-state index contributed by atoms with van der Waals surface area (Å²) in [5.41, 5.74) is 3.61. The summed E-state index contributed by atoms with van der Waals surface area (Å²) in [6.07, 6.45) is 1.70. The lowest BCUT2D eigenvalue weighted by Gasteiger charge is -1.95. The van der Waals surface area contributed by atoms with E-state index in [1.165, 1.54) is 23.5 Å². The molecule has 2 aromatic carbocycles. The van der Waals surface area contributed by atoms with Crippen LogP contribution < -0.4 is 0 Å². The van der Waals surface area contributed by atoms with Crippen molar-refractivity contribution in [3.05, 3.63) is 71.2 Å². The summed E-state index contributed by atoms with van der Waals surface area (Å²) in [4.78, 5) is 12.1. The van der Waals surface area contributed by atoms with E-state index in [9.17, 15) is 9.65 Å². The monoisotopic (exact) mass is 346 g/mol. The topological polar surface area (TPSA) is 65.4 Å². The van der Waals surface area contributed by atoms with E-state index >= 15 is 0 Å². The predicted molar refractivity (Wildman–Crippen MR) is 97.1 cm³/mol. The number of benzene rings is 2. The van der Waals surface area contributed by atoms with Crippen LogP contribution in [0.15, 0.2) is 53.9 Å². The molecule has 4 rings (SSSR count). The molecule has 0 bridgehead atoms. The van der Waals surface area contributed by atoms with Crippen LogP contribution in [0, 0.1) is 17.1 Å². The first-order valence-corrected chi connectivity index (χ1v) is 8.39. The van der Waals surface area contributed by atoms with Crippen LogP contribution in [0.25, 0.3) is 33.3 Å². The van der Waals surface area contributed by atoms with Crippen LogP contribution >= 0.6 is 11.3 Å². The highest BCUT2D eigenvalue weighted by molar-refractivity contribution is 7.13. The molecule has 1 N–H and O–H groups in total. The number of nitrogens with one attached hydrogen (secondary N) is 1. The second-order valence-electron chi connectivity index (χ2n) is 5.36. The predicted octanol–water partition coefficient (Wildman–Crippen LogP) is 4.89. The van der Waals surface area contributed by atoms with Crippen LogP contribution in [0.3, 0.4) is 0 Å². The van der Waals surface area contributed by atoms with E-state index in [0.29, 0.717) is 17.1 Å². The van der Waals surface area contributed by atoms with Crippen molar-refractivity contribution in [1.29, 1.82) is 5.26 Å². The van der Waals surface area contributed by atoms with Gasteiger partial charge in [0, 0.05) is 10.9 Å². The van der Waals surface area contributed by atoms with E-state index in [-0.39, 0.29) is 5.82 Å². The largest absolute Gasteiger partial charge is 0.337 e. The lowest BCUT2D eigenvalue weighted by atomic mass is 10.2. The van der Waals surface area contributed by atoms with Crippen LogP contribution in [-0.4, -0.2) is 15.0 Å². The average Bonchev–Trinajstić information content (AvgIpc) is 3.27. The summed E-state index contributed by atoms with van der Waals surface area (Å²) in [6, 6.07) is 16.0. The number of imidazole rings is 1. The number of halogens is 1. The average molecular weight is 346 g/mol. The number of aromatic nitrogens is 3. The first-order chi connectivity index (χ1) is 12.2. The summed E-state index contributed by atoms with van der Waals surface area (Å²) >= 11 is 1.44. The van der Waals surface area contributed by atoms with Gasteiger partial charge in [-0.1, -0.05) is 12.1 Å². The minimum absolute atomic E-state index is 0.280. The smallest absolute Gasteiger partial charge is 0.149 e. The van der Waals surface area contributed by atoms with Crippen molar-refractivity contribution in [1.82, 2.24) is 15.0 Å². The lowest BCUT2D eigenvalue weighted by molar-refractivity contribution is 0.628. The Kier molecular flexibility index (Phi) is 3.84. The molecule has 4 nitrogen and oxygen atoms in total. The SMILES string of the molecule is N#C/C(=C\c1csc(-c2ccc(F)cc2)n1)c1nc2ccccc2[nH]1. The number of nitriles is 1. The molecule has 0 radical (unpaired) electrons. The number of rotatable bonds is 3. The highest BCUT2D eigenvalue weighted by atomic mass is 32.1. The Hall–Kier alpha value is -3.30. The van der Waals surface area contributed by atoms with Crippen LogP contribution in [0.5, 0.6) is 0 Å². The van der Waals surface area contributed by atoms with Gasteiger partial charge in [0.05, 0.1) is 22.3 Å². The summed E-state index contributed by atoms with van der Waals surface area (Å²) < 4.78 is 13.0. The molecule has 0 aliphatic heterocycles. The maximum absolute atomic E-state index is 13.0. The molecule has 0 atom stereocenters. The number of hydrogen-bond donors (Lipinski definition) is 1. The minimum atomic E-state index is -0.280. The van der Waals surface area contributed by atoms with Crippen LogP contribution in [0.4, 0.5) is 4.39 Å². The second-order valence-corrected chi connectivity index (χ2v) is 6.21. The second kappa shape index (κ2) is 6.30. The van der Waals surface area contributed by atoms with Gasteiger partial charge in [-0.2, -0.15) is 5.26 Å².